The van der Waals surface area contributed by atoms with Gasteiger partial charge in [-0.05, 0) is 25.6 Å². The number of nitrogens with one attached hydrogen (secondary N) is 2. The van der Waals surface area contributed by atoms with Crippen molar-refractivity contribution in [2.75, 3.05) is 19.6 Å². The van der Waals surface area contributed by atoms with Crippen molar-refractivity contribution in [2.24, 2.45) is 0 Å². The van der Waals surface area contributed by atoms with Crippen molar-refractivity contribution in [1.29, 1.82) is 0 Å². The SMILES string of the molecule is CCNC(=O)Cc1ccc([N+](=O)[O-])cc1.CCNCC. The lowest BCUT2D eigenvalue weighted by atomic mass is 10.1. The first-order valence-electron chi connectivity index (χ1n) is 6.75. The third kappa shape index (κ3) is 8.20. The Labute approximate surface area is 119 Å². The Bertz CT molecular complexity index is 403. The molecule has 0 aliphatic heterocycles. The van der Waals surface area contributed by atoms with Crippen LogP contribution in [0.5, 0.6) is 0 Å². The lowest BCUT2D eigenvalue weighted by Crippen LogP contribution is -2.24. The van der Waals surface area contributed by atoms with Gasteiger partial charge in [0.2, 0.25) is 5.91 Å². The molecule has 6 nitrogen and oxygen atoms in total. The molecule has 1 amide bonds. The number of rotatable bonds is 6. The van der Waals surface area contributed by atoms with Gasteiger partial charge in [-0.2, -0.15) is 0 Å². The predicted molar refractivity (Wildman–Crippen MR) is 79.7 cm³/mol. The van der Waals surface area contributed by atoms with Crippen molar-refractivity contribution in [3.05, 3.63) is 39.9 Å². The molecule has 0 bridgehead atoms. The minimum absolute atomic E-state index is 0.0367. The smallest absolute Gasteiger partial charge is 0.269 e. The third-order valence-electron chi connectivity index (χ3n) is 2.39. The summed E-state index contributed by atoms with van der Waals surface area (Å²) in [4.78, 5) is 21.1. The molecule has 0 atom stereocenters. The fourth-order valence-corrected chi connectivity index (χ4v) is 1.43. The number of benzene rings is 1. The molecule has 0 heterocycles. The zero-order chi connectivity index (χ0) is 15.4. The predicted octanol–water partition coefficient (Wildman–Crippen LogP) is 1.89. The molecule has 1 aromatic carbocycles. The normalized spacial score (nSPS) is 9.35. The van der Waals surface area contributed by atoms with Gasteiger partial charge in [0.1, 0.15) is 0 Å². The summed E-state index contributed by atoms with van der Waals surface area (Å²) in [6, 6.07) is 5.98. The molecule has 2 N–H and O–H groups in total. The standard InChI is InChI=1S/C10H12N2O3.C4H11N/c1-2-11-10(13)7-8-3-5-9(6-4-8)12(14)15;1-3-5-4-2/h3-6H,2,7H2,1H3,(H,11,13);5H,3-4H2,1-2H3. The van der Waals surface area contributed by atoms with E-state index in [4.69, 9.17) is 0 Å². The van der Waals surface area contributed by atoms with Crippen LogP contribution in [-0.2, 0) is 11.2 Å². The van der Waals surface area contributed by atoms with Crippen LogP contribution in [0.3, 0.4) is 0 Å². The van der Waals surface area contributed by atoms with Crippen LogP contribution in [0, 0.1) is 10.1 Å². The second kappa shape index (κ2) is 10.9. The fourth-order valence-electron chi connectivity index (χ4n) is 1.43. The Hall–Kier alpha value is -1.95. The lowest BCUT2D eigenvalue weighted by molar-refractivity contribution is -0.384. The first-order chi connectivity index (χ1) is 9.54. The van der Waals surface area contributed by atoms with E-state index in [-0.39, 0.29) is 18.0 Å². The molecule has 0 unspecified atom stereocenters. The maximum Gasteiger partial charge on any atom is 0.269 e. The van der Waals surface area contributed by atoms with Gasteiger partial charge in [0, 0.05) is 18.7 Å². The number of nitro groups is 1. The molecule has 112 valence electrons. The number of hydrogen-bond acceptors (Lipinski definition) is 4. The molecule has 0 fully saturated rings. The summed E-state index contributed by atoms with van der Waals surface area (Å²) in [5, 5.41) is 16.1. The molecule has 20 heavy (non-hydrogen) atoms. The van der Waals surface area contributed by atoms with Crippen molar-refractivity contribution in [2.45, 2.75) is 27.2 Å². The lowest BCUT2D eigenvalue weighted by Gasteiger charge is -2.01. The zero-order valence-corrected chi connectivity index (χ0v) is 12.3. The molecule has 0 saturated heterocycles. The summed E-state index contributed by atoms with van der Waals surface area (Å²) in [5.74, 6) is -0.0775. The molecule has 0 aromatic heterocycles. The fraction of sp³-hybridized carbons (Fsp3) is 0.500. The highest BCUT2D eigenvalue weighted by Crippen LogP contribution is 2.12. The van der Waals surface area contributed by atoms with E-state index in [2.05, 4.69) is 24.5 Å². The molecular weight excluding hydrogens is 258 g/mol. The maximum atomic E-state index is 11.2. The highest BCUT2D eigenvalue weighted by atomic mass is 16.6. The minimum atomic E-state index is -0.462. The second-order valence-corrected chi connectivity index (χ2v) is 4.01. The molecule has 0 saturated carbocycles. The van der Waals surface area contributed by atoms with Gasteiger partial charge in [0.25, 0.3) is 5.69 Å². The Morgan fingerprint density at radius 2 is 1.65 bits per heavy atom. The van der Waals surface area contributed by atoms with Crippen molar-refractivity contribution in [3.63, 3.8) is 0 Å². The highest BCUT2D eigenvalue weighted by Gasteiger charge is 2.06. The molecule has 1 rings (SSSR count). The van der Waals surface area contributed by atoms with Crippen molar-refractivity contribution in [1.82, 2.24) is 10.6 Å². The topological polar surface area (TPSA) is 84.3 Å². The van der Waals surface area contributed by atoms with Gasteiger partial charge in [-0.15, -0.1) is 0 Å². The third-order valence-corrected chi connectivity index (χ3v) is 2.39. The van der Waals surface area contributed by atoms with Crippen molar-refractivity contribution < 1.29 is 9.72 Å². The van der Waals surface area contributed by atoms with Gasteiger partial charge in [-0.25, -0.2) is 0 Å². The number of carbonyl (C=O) groups excluding carboxylic acids is 1. The van der Waals surface area contributed by atoms with E-state index in [1.165, 1.54) is 12.1 Å². The average molecular weight is 281 g/mol. The largest absolute Gasteiger partial charge is 0.356 e. The number of hydrogen-bond donors (Lipinski definition) is 2. The van der Waals surface area contributed by atoms with E-state index >= 15 is 0 Å². The van der Waals surface area contributed by atoms with Gasteiger partial charge in [0.05, 0.1) is 11.3 Å². The van der Waals surface area contributed by atoms with E-state index in [1.54, 1.807) is 12.1 Å². The van der Waals surface area contributed by atoms with E-state index < -0.39 is 4.92 Å². The van der Waals surface area contributed by atoms with E-state index in [0.29, 0.717) is 6.54 Å². The summed E-state index contributed by atoms with van der Waals surface area (Å²) >= 11 is 0. The van der Waals surface area contributed by atoms with Crippen molar-refractivity contribution in [3.8, 4) is 0 Å². The Kier molecular flexibility index (Phi) is 9.86. The highest BCUT2D eigenvalue weighted by molar-refractivity contribution is 5.78. The summed E-state index contributed by atoms with van der Waals surface area (Å²) in [6.07, 6.45) is 0.256. The van der Waals surface area contributed by atoms with Crippen LogP contribution in [0.2, 0.25) is 0 Å². The van der Waals surface area contributed by atoms with Gasteiger partial charge < -0.3 is 10.6 Å². The first-order valence-corrected chi connectivity index (χ1v) is 6.75. The van der Waals surface area contributed by atoms with Crippen LogP contribution in [0.15, 0.2) is 24.3 Å². The van der Waals surface area contributed by atoms with E-state index in [0.717, 1.165) is 18.7 Å². The molecular formula is C14H23N3O3. The van der Waals surface area contributed by atoms with Gasteiger partial charge in [0.15, 0.2) is 0 Å². The summed E-state index contributed by atoms with van der Waals surface area (Å²) in [7, 11) is 0. The molecule has 0 radical (unpaired) electrons. The van der Waals surface area contributed by atoms with Crippen LogP contribution in [0.1, 0.15) is 26.3 Å². The van der Waals surface area contributed by atoms with Crippen LogP contribution in [0.4, 0.5) is 5.69 Å². The number of non-ortho nitro benzene ring substituents is 1. The average Bonchev–Trinajstić information content (AvgIpc) is 2.41. The van der Waals surface area contributed by atoms with Crippen LogP contribution < -0.4 is 10.6 Å². The quantitative estimate of drug-likeness (QED) is 0.616. The van der Waals surface area contributed by atoms with E-state index in [1.807, 2.05) is 6.92 Å². The van der Waals surface area contributed by atoms with Gasteiger partial charge >= 0.3 is 0 Å². The van der Waals surface area contributed by atoms with Crippen molar-refractivity contribution >= 4 is 11.6 Å². The first kappa shape index (κ1) is 18.0. The number of nitrogens with zero attached hydrogens (tertiary/aromatic N) is 1. The second-order valence-electron chi connectivity index (χ2n) is 4.01. The zero-order valence-electron chi connectivity index (χ0n) is 12.3. The monoisotopic (exact) mass is 281 g/mol. The van der Waals surface area contributed by atoms with Gasteiger partial charge in [-0.3, -0.25) is 14.9 Å². The maximum absolute atomic E-state index is 11.2. The molecule has 0 spiro atoms. The Morgan fingerprint density at radius 1 is 1.10 bits per heavy atom. The molecule has 0 aliphatic rings. The number of amides is 1. The van der Waals surface area contributed by atoms with Gasteiger partial charge in [-0.1, -0.05) is 26.0 Å². The van der Waals surface area contributed by atoms with E-state index in [9.17, 15) is 14.9 Å². The van der Waals surface area contributed by atoms with Crippen LogP contribution in [-0.4, -0.2) is 30.5 Å². The summed E-state index contributed by atoms with van der Waals surface area (Å²) < 4.78 is 0. The minimum Gasteiger partial charge on any atom is -0.356 e. The molecule has 1 aromatic rings. The number of likely N-dealkylation sites (N-methyl/N-ethyl adjacent to an activating group) is 1. The van der Waals surface area contributed by atoms with Crippen LogP contribution in [0.25, 0.3) is 0 Å². The Balaban J connectivity index is 0.000000621. The number of nitro benzene ring substituents is 1. The van der Waals surface area contributed by atoms with Crippen LogP contribution >= 0.6 is 0 Å². The Morgan fingerprint density at radius 3 is 2.00 bits per heavy atom. The molecule has 0 aliphatic carbocycles. The molecule has 6 heteroatoms. The summed E-state index contributed by atoms with van der Waals surface area (Å²) in [6.45, 7) is 8.82. The summed E-state index contributed by atoms with van der Waals surface area (Å²) in [5.41, 5.74) is 0.807. The number of carbonyl (C=O) groups is 1.